The summed E-state index contributed by atoms with van der Waals surface area (Å²) >= 11 is 1.51. The number of carbonyl (C=O) groups is 1. The first kappa shape index (κ1) is 24.4. The van der Waals surface area contributed by atoms with Gasteiger partial charge in [0.05, 0.1) is 27.8 Å². The molecule has 5 rings (SSSR count). The predicted octanol–water partition coefficient (Wildman–Crippen LogP) is 4.91. The third-order valence-corrected chi connectivity index (χ3v) is 9.89. The van der Waals surface area contributed by atoms with Crippen LogP contribution in [0.2, 0.25) is 0 Å². The summed E-state index contributed by atoms with van der Waals surface area (Å²) in [7, 11) is -3.54. The van der Waals surface area contributed by atoms with Crippen LogP contribution >= 0.6 is 11.3 Å². The molecule has 0 aliphatic carbocycles. The Morgan fingerprint density at radius 3 is 2.54 bits per heavy atom. The van der Waals surface area contributed by atoms with Gasteiger partial charge in [0.1, 0.15) is 0 Å². The van der Waals surface area contributed by atoms with Crippen LogP contribution in [-0.4, -0.2) is 56.0 Å². The lowest BCUT2D eigenvalue weighted by Gasteiger charge is -2.26. The van der Waals surface area contributed by atoms with Crippen LogP contribution in [0, 0.1) is 13.8 Å². The summed E-state index contributed by atoms with van der Waals surface area (Å²) in [5.41, 5.74) is 3.60. The molecule has 7 nitrogen and oxygen atoms in total. The molecule has 0 N–H and O–H groups in total. The molecule has 186 valence electrons. The lowest BCUT2D eigenvalue weighted by Crippen LogP contribution is -2.37. The number of anilines is 1. The summed E-state index contributed by atoms with van der Waals surface area (Å²) in [5.74, 6) is -0.198. The maximum Gasteiger partial charge on any atom is 0.260 e. The van der Waals surface area contributed by atoms with Gasteiger partial charge in [0.25, 0.3) is 5.91 Å². The molecule has 2 fully saturated rings. The first-order valence-electron chi connectivity index (χ1n) is 12.2. The molecule has 3 aromatic rings. The van der Waals surface area contributed by atoms with Crippen molar-refractivity contribution >= 4 is 42.6 Å². The normalized spacial score (nSPS) is 19.3. The average Bonchev–Trinajstić information content (AvgIpc) is 3.53. The Morgan fingerprint density at radius 2 is 1.86 bits per heavy atom. The number of aryl methyl sites for hydroxylation is 2. The number of amides is 1. The number of hydrogen-bond donors (Lipinski definition) is 0. The fourth-order valence-corrected chi connectivity index (χ4v) is 7.44. The third kappa shape index (κ3) is 5.00. The number of benzene rings is 2. The second-order valence-corrected chi connectivity index (χ2v) is 12.4. The number of piperidine rings is 1. The summed E-state index contributed by atoms with van der Waals surface area (Å²) in [6.07, 6.45) is 4.68. The zero-order valence-corrected chi connectivity index (χ0v) is 21.8. The highest BCUT2D eigenvalue weighted by Crippen LogP contribution is 2.34. The number of thiazole rings is 1. The number of fused-ring (bicyclic) bond motifs is 1. The molecule has 0 bridgehead atoms. The SMILES string of the molecule is Cc1cc(C)c2sc(N(CC3CCCO3)C(=O)c3ccc(S(=O)(=O)N4CCCCC4)cc3)nc2c1. The number of rotatable bonds is 6. The molecule has 1 amide bonds. The largest absolute Gasteiger partial charge is 0.376 e. The quantitative estimate of drug-likeness (QED) is 0.468. The minimum absolute atomic E-state index is 0.0347. The Hall–Kier alpha value is -2.33. The molecule has 3 heterocycles. The second-order valence-electron chi connectivity index (χ2n) is 9.47. The van der Waals surface area contributed by atoms with E-state index in [1.165, 1.54) is 11.3 Å². The molecule has 2 aliphatic heterocycles. The van der Waals surface area contributed by atoms with Crippen LogP contribution in [0.4, 0.5) is 5.13 Å². The lowest BCUT2D eigenvalue weighted by atomic mass is 10.1. The van der Waals surface area contributed by atoms with Gasteiger partial charge in [0.15, 0.2) is 5.13 Å². The highest BCUT2D eigenvalue weighted by atomic mass is 32.2. The van der Waals surface area contributed by atoms with Gasteiger partial charge in [-0.25, -0.2) is 13.4 Å². The van der Waals surface area contributed by atoms with Crippen molar-refractivity contribution in [3.8, 4) is 0 Å². The Kier molecular flexibility index (Phi) is 6.94. The van der Waals surface area contributed by atoms with Crippen molar-refractivity contribution in [1.82, 2.24) is 9.29 Å². The van der Waals surface area contributed by atoms with Gasteiger partial charge in [-0.3, -0.25) is 9.69 Å². The van der Waals surface area contributed by atoms with Crippen LogP contribution in [0.15, 0.2) is 41.3 Å². The van der Waals surface area contributed by atoms with E-state index < -0.39 is 10.0 Å². The maximum atomic E-state index is 13.7. The van der Waals surface area contributed by atoms with Gasteiger partial charge >= 0.3 is 0 Å². The van der Waals surface area contributed by atoms with Crippen LogP contribution < -0.4 is 4.90 Å². The van der Waals surface area contributed by atoms with Crippen molar-refractivity contribution in [1.29, 1.82) is 0 Å². The van der Waals surface area contributed by atoms with Gasteiger partial charge in [-0.15, -0.1) is 0 Å². The second kappa shape index (κ2) is 9.97. The molecule has 0 saturated carbocycles. The van der Waals surface area contributed by atoms with Crippen molar-refractivity contribution in [3.63, 3.8) is 0 Å². The van der Waals surface area contributed by atoms with Crippen molar-refractivity contribution in [3.05, 3.63) is 53.1 Å². The molecule has 2 aromatic carbocycles. The minimum Gasteiger partial charge on any atom is -0.376 e. The van der Waals surface area contributed by atoms with E-state index >= 15 is 0 Å². The summed E-state index contributed by atoms with van der Waals surface area (Å²) in [4.78, 5) is 20.4. The number of sulfonamides is 1. The zero-order valence-electron chi connectivity index (χ0n) is 20.2. The molecule has 2 aliphatic rings. The van der Waals surface area contributed by atoms with E-state index in [1.54, 1.807) is 33.5 Å². The van der Waals surface area contributed by atoms with E-state index in [0.29, 0.717) is 36.9 Å². The molecule has 2 saturated heterocycles. The highest BCUT2D eigenvalue weighted by Gasteiger charge is 2.29. The summed E-state index contributed by atoms with van der Waals surface area (Å²) in [6, 6.07) is 10.5. The van der Waals surface area contributed by atoms with Crippen molar-refractivity contribution in [2.24, 2.45) is 0 Å². The third-order valence-electron chi connectivity index (χ3n) is 6.75. The summed E-state index contributed by atoms with van der Waals surface area (Å²) in [6.45, 7) is 6.33. The number of carbonyl (C=O) groups excluding carboxylic acids is 1. The Morgan fingerprint density at radius 1 is 1.11 bits per heavy atom. The van der Waals surface area contributed by atoms with Crippen LogP contribution in [0.5, 0.6) is 0 Å². The van der Waals surface area contributed by atoms with Crippen molar-refractivity contribution < 1.29 is 17.9 Å². The molecular formula is C26H31N3O4S2. The monoisotopic (exact) mass is 513 g/mol. The Balaban J connectivity index is 1.45. The van der Waals surface area contributed by atoms with Gasteiger partial charge in [-0.05, 0) is 81.0 Å². The van der Waals surface area contributed by atoms with E-state index in [2.05, 4.69) is 13.0 Å². The van der Waals surface area contributed by atoms with E-state index in [9.17, 15) is 13.2 Å². The van der Waals surface area contributed by atoms with E-state index in [1.807, 2.05) is 13.0 Å². The van der Waals surface area contributed by atoms with Crippen molar-refractivity contribution in [2.45, 2.75) is 57.0 Å². The van der Waals surface area contributed by atoms with Crippen LogP contribution in [0.3, 0.4) is 0 Å². The first-order chi connectivity index (χ1) is 16.8. The lowest BCUT2D eigenvalue weighted by molar-refractivity contribution is 0.0917. The van der Waals surface area contributed by atoms with Gasteiger partial charge in [0.2, 0.25) is 10.0 Å². The molecule has 0 radical (unpaired) electrons. The fraction of sp³-hybridized carbons (Fsp3) is 0.462. The van der Waals surface area contributed by atoms with Crippen LogP contribution in [0.25, 0.3) is 10.2 Å². The van der Waals surface area contributed by atoms with Gasteiger partial charge in [-0.2, -0.15) is 4.31 Å². The van der Waals surface area contributed by atoms with Gasteiger partial charge in [-0.1, -0.05) is 23.8 Å². The highest BCUT2D eigenvalue weighted by molar-refractivity contribution is 7.89. The molecule has 1 unspecified atom stereocenters. The van der Waals surface area contributed by atoms with Crippen LogP contribution in [0.1, 0.15) is 53.6 Å². The maximum absolute atomic E-state index is 13.7. The number of ether oxygens (including phenoxy) is 1. The Bertz CT molecular complexity index is 1320. The molecule has 0 spiro atoms. The Labute approximate surface area is 210 Å². The number of nitrogens with zero attached hydrogens (tertiary/aromatic N) is 3. The smallest absolute Gasteiger partial charge is 0.260 e. The number of aromatic nitrogens is 1. The summed E-state index contributed by atoms with van der Waals surface area (Å²) in [5, 5.41) is 0.638. The predicted molar refractivity (Wildman–Crippen MR) is 139 cm³/mol. The zero-order chi connectivity index (χ0) is 24.6. The minimum atomic E-state index is -3.54. The topological polar surface area (TPSA) is 79.8 Å². The molecule has 35 heavy (non-hydrogen) atoms. The fourth-order valence-electron chi connectivity index (χ4n) is 4.90. The van der Waals surface area contributed by atoms with E-state index in [0.717, 1.165) is 53.4 Å². The molecule has 1 aromatic heterocycles. The summed E-state index contributed by atoms with van der Waals surface area (Å²) < 4.78 is 34.5. The van der Waals surface area contributed by atoms with E-state index in [-0.39, 0.29) is 16.9 Å². The first-order valence-corrected chi connectivity index (χ1v) is 14.5. The molecule has 9 heteroatoms. The molecule has 1 atom stereocenters. The van der Waals surface area contributed by atoms with Gasteiger partial charge in [0, 0.05) is 25.3 Å². The number of hydrogen-bond acceptors (Lipinski definition) is 6. The van der Waals surface area contributed by atoms with Crippen molar-refractivity contribution in [2.75, 3.05) is 31.1 Å². The van der Waals surface area contributed by atoms with Crippen LogP contribution in [-0.2, 0) is 14.8 Å². The average molecular weight is 514 g/mol. The molecular weight excluding hydrogens is 482 g/mol. The van der Waals surface area contributed by atoms with Gasteiger partial charge < -0.3 is 4.74 Å². The standard InChI is InChI=1S/C26H31N3O4S2/c1-18-15-19(2)24-23(16-18)27-26(34-24)29(17-21-7-6-14-33-21)25(30)20-8-10-22(11-9-20)35(31,32)28-12-4-3-5-13-28/h8-11,15-16,21H,3-7,12-14,17H2,1-2H3. The van der Waals surface area contributed by atoms with E-state index in [4.69, 9.17) is 9.72 Å².